The maximum absolute atomic E-state index is 13.0. The first kappa shape index (κ1) is 38.2. The number of thioether (sulfide) groups is 2. The van der Waals surface area contributed by atoms with Crippen molar-refractivity contribution in [3.63, 3.8) is 0 Å². The molecule has 3 fully saturated rings. The first-order chi connectivity index (χ1) is 24.1. The average molecular weight is 817 g/mol. The predicted molar refractivity (Wildman–Crippen MR) is 211 cm³/mol. The number of amides is 4. The third-order valence-corrected chi connectivity index (χ3v) is 11.6. The molecule has 3 saturated heterocycles. The lowest BCUT2D eigenvalue weighted by Crippen LogP contribution is -2.50. The van der Waals surface area contributed by atoms with E-state index in [1.165, 1.54) is 23.5 Å². The van der Waals surface area contributed by atoms with E-state index >= 15 is 0 Å². The molecule has 0 aromatic heterocycles. The molecule has 2 aromatic rings. The summed E-state index contributed by atoms with van der Waals surface area (Å²) in [6, 6.07) is 15.2. The Morgan fingerprint density at radius 3 is 2.02 bits per heavy atom. The van der Waals surface area contributed by atoms with Gasteiger partial charge in [-0.2, -0.15) is 0 Å². The molecule has 0 unspecified atom stereocenters. The number of benzene rings is 2. The molecular weight excluding hydrogens is 779 g/mol. The van der Waals surface area contributed by atoms with Gasteiger partial charge in [0.25, 0.3) is 11.8 Å². The fourth-order valence-corrected chi connectivity index (χ4v) is 8.66. The Morgan fingerprint density at radius 1 is 0.840 bits per heavy atom. The van der Waals surface area contributed by atoms with Gasteiger partial charge in [-0.1, -0.05) is 88.2 Å². The van der Waals surface area contributed by atoms with Crippen LogP contribution in [0, 0.1) is 0 Å². The van der Waals surface area contributed by atoms with Gasteiger partial charge in [-0.05, 0) is 60.4 Å². The average Bonchev–Trinajstić information content (AvgIpc) is 3.52. The molecule has 0 aliphatic carbocycles. The fourth-order valence-electron chi connectivity index (χ4n) is 5.62. The van der Waals surface area contributed by atoms with Crippen LogP contribution in [0.2, 0.25) is 0 Å². The molecule has 4 amide bonds. The Balaban J connectivity index is 0.941. The summed E-state index contributed by atoms with van der Waals surface area (Å²) in [5.74, 6) is 0.452. The van der Waals surface area contributed by atoms with Gasteiger partial charge in [0.2, 0.25) is 11.8 Å². The second kappa shape index (κ2) is 18.4. The van der Waals surface area contributed by atoms with Crippen LogP contribution in [0.15, 0.2) is 62.8 Å². The van der Waals surface area contributed by atoms with Crippen LogP contribution in [0.1, 0.15) is 36.8 Å². The molecule has 3 aliphatic heterocycles. The molecule has 3 aliphatic rings. The molecule has 15 heteroatoms. The van der Waals surface area contributed by atoms with E-state index in [9.17, 15) is 19.2 Å². The Labute approximate surface area is 320 Å². The Bertz CT molecular complexity index is 1710. The number of carbonyl (C=O) groups is 4. The number of methoxy groups -OCH3 is 1. The van der Waals surface area contributed by atoms with E-state index in [-0.39, 0.29) is 23.6 Å². The summed E-state index contributed by atoms with van der Waals surface area (Å²) >= 11 is 16.9. The van der Waals surface area contributed by atoms with E-state index in [2.05, 4.69) is 26.1 Å². The number of halogens is 1. The molecule has 0 atom stereocenters. The quantitative estimate of drug-likeness (QED) is 0.198. The predicted octanol–water partition coefficient (Wildman–Crippen LogP) is 5.38. The van der Waals surface area contributed by atoms with Crippen molar-refractivity contribution >= 4 is 108 Å². The van der Waals surface area contributed by atoms with Crippen LogP contribution in [-0.4, -0.2) is 111 Å². The number of carbonyl (C=O) groups excluding carboxylic acids is 4. The number of piperazine rings is 1. The minimum absolute atomic E-state index is 0.0637. The van der Waals surface area contributed by atoms with Gasteiger partial charge in [-0.3, -0.25) is 33.9 Å². The zero-order valence-electron chi connectivity index (χ0n) is 27.6. The number of rotatable bonds is 14. The molecular formula is C35H38BrN5O5S4. The van der Waals surface area contributed by atoms with E-state index in [1.54, 1.807) is 16.9 Å². The van der Waals surface area contributed by atoms with Gasteiger partial charge in [0.05, 0.1) is 16.9 Å². The number of hydrogen-bond acceptors (Lipinski definition) is 10. The zero-order chi connectivity index (χ0) is 35.6. The van der Waals surface area contributed by atoms with Crippen molar-refractivity contribution in [1.82, 2.24) is 24.9 Å². The summed E-state index contributed by atoms with van der Waals surface area (Å²) in [5.41, 5.74) is 1.77. The second-order valence-electron chi connectivity index (χ2n) is 11.8. The van der Waals surface area contributed by atoms with E-state index in [4.69, 9.17) is 29.2 Å². The third kappa shape index (κ3) is 10.5. The van der Waals surface area contributed by atoms with E-state index < -0.39 is 0 Å². The maximum atomic E-state index is 13.0. The van der Waals surface area contributed by atoms with Crippen molar-refractivity contribution < 1.29 is 23.9 Å². The lowest BCUT2D eigenvalue weighted by molar-refractivity contribution is -0.133. The van der Waals surface area contributed by atoms with Crippen LogP contribution in [-0.2, 0) is 19.2 Å². The number of hydrogen-bond donors (Lipinski definition) is 1. The van der Waals surface area contributed by atoms with E-state index in [0.717, 1.165) is 28.7 Å². The molecule has 264 valence electrons. The van der Waals surface area contributed by atoms with Crippen LogP contribution in [0.3, 0.4) is 0 Å². The smallest absolute Gasteiger partial charge is 0.266 e. The summed E-state index contributed by atoms with van der Waals surface area (Å²) < 4.78 is 7.21. The van der Waals surface area contributed by atoms with Crippen LogP contribution in [0.25, 0.3) is 12.2 Å². The highest BCUT2D eigenvalue weighted by Gasteiger charge is 2.33. The second-order valence-corrected chi connectivity index (χ2v) is 16.0. The largest absolute Gasteiger partial charge is 0.497 e. The Kier molecular flexibility index (Phi) is 14.1. The van der Waals surface area contributed by atoms with Crippen molar-refractivity contribution in [3.05, 3.63) is 73.9 Å². The molecule has 1 N–H and O–H groups in total. The molecule has 10 nitrogen and oxygen atoms in total. The van der Waals surface area contributed by atoms with E-state index in [0.29, 0.717) is 89.2 Å². The maximum Gasteiger partial charge on any atom is 0.266 e. The minimum atomic E-state index is -0.139. The topological polar surface area (TPSA) is 102 Å². The van der Waals surface area contributed by atoms with Crippen molar-refractivity contribution in [3.8, 4) is 5.75 Å². The van der Waals surface area contributed by atoms with Gasteiger partial charge in [0.1, 0.15) is 14.4 Å². The van der Waals surface area contributed by atoms with Crippen molar-refractivity contribution in [2.75, 3.05) is 59.5 Å². The molecule has 5 rings (SSSR count). The number of nitrogens with one attached hydrogen (secondary N) is 1. The van der Waals surface area contributed by atoms with Crippen LogP contribution in [0.5, 0.6) is 5.75 Å². The molecule has 0 bridgehead atoms. The Hall–Kier alpha value is -3.08. The summed E-state index contributed by atoms with van der Waals surface area (Å²) in [6.45, 7) is 4.71. The number of thiocarbonyl (C=S) groups is 2. The molecule has 0 radical (unpaired) electrons. The lowest BCUT2D eigenvalue weighted by Gasteiger charge is -2.34. The Morgan fingerprint density at radius 2 is 1.42 bits per heavy atom. The van der Waals surface area contributed by atoms with Gasteiger partial charge in [-0.15, -0.1) is 0 Å². The highest BCUT2D eigenvalue weighted by atomic mass is 79.9. The summed E-state index contributed by atoms with van der Waals surface area (Å²) in [6.07, 6.45) is 5.34. The van der Waals surface area contributed by atoms with Crippen molar-refractivity contribution in [1.29, 1.82) is 0 Å². The fraction of sp³-hybridized carbons (Fsp3) is 0.371. The van der Waals surface area contributed by atoms with Gasteiger partial charge in [-0.25, -0.2) is 0 Å². The van der Waals surface area contributed by atoms with Gasteiger partial charge >= 0.3 is 0 Å². The van der Waals surface area contributed by atoms with Crippen LogP contribution < -0.4 is 10.1 Å². The van der Waals surface area contributed by atoms with Crippen LogP contribution in [0.4, 0.5) is 0 Å². The van der Waals surface area contributed by atoms with Gasteiger partial charge in [0.15, 0.2) is 0 Å². The first-order valence-corrected chi connectivity index (χ1v) is 19.5. The van der Waals surface area contributed by atoms with Gasteiger partial charge in [0, 0.05) is 69.7 Å². The third-order valence-electron chi connectivity index (χ3n) is 8.32. The zero-order valence-corrected chi connectivity index (χ0v) is 32.5. The molecule has 3 heterocycles. The highest BCUT2D eigenvalue weighted by molar-refractivity contribution is 9.10. The lowest BCUT2D eigenvalue weighted by atomic mass is 10.2. The highest BCUT2D eigenvalue weighted by Crippen LogP contribution is 2.34. The minimum Gasteiger partial charge on any atom is -0.497 e. The molecule has 0 saturated carbocycles. The first-order valence-electron chi connectivity index (χ1n) is 16.3. The van der Waals surface area contributed by atoms with Crippen LogP contribution >= 0.6 is 63.9 Å². The van der Waals surface area contributed by atoms with Crippen molar-refractivity contribution in [2.24, 2.45) is 0 Å². The monoisotopic (exact) mass is 815 g/mol. The molecule has 0 spiro atoms. The molecule has 2 aromatic carbocycles. The SMILES string of the molecule is COc1cccc(C=C2SC(=S)N(CCCC(=O)N3CCN(CCNC(=O)CCCN4C(=O)C(=Cc5cccc(Br)c5)SC4=S)CC3)C2=O)c1. The number of ether oxygens (including phenoxy) is 1. The number of nitrogens with zero attached hydrogens (tertiary/aromatic N) is 4. The summed E-state index contributed by atoms with van der Waals surface area (Å²) in [4.78, 5) is 59.6. The van der Waals surface area contributed by atoms with E-state index in [1.807, 2.05) is 65.6 Å². The molecule has 50 heavy (non-hydrogen) atoms. The van der Waals surface area contributed by atoms with Crippen molar-refractivity contribution in [2.45, 2.75) is 25.7 Å². The normalized spacial score (nSPS) is 18.6. The summed E-state index contributed by atoms with van der Waals surface area (Å²) in [7, 11) is 1.60. The van der Waals surface area contributed by atoms with Gasteiger partial charge < -0.3 is 15.0 Å². The summed E-state index contributed by atoms with van der Waals surface area (Å²) in [5, 5.41) is 2.97. The standard InChI is InChI=1S/C35H38BrN5O5S4/c1-46-27-9-3-7-25(21-27)23-29-33(45)41(35(48)50-29)14-5-11-31(43)39-18-16-38(17-19-39)15-12-37-30(42)10-4-13-40-32(44)28(49-34(40)47)22-24-6-2-8-26(36)20-24/h2-3,6-9,20-23H,4-5,10-19H2,1H3,(H,37,42).